The Morgan fingerprint density at radius 3 is 2.06 bits per heavy atom. The van der Waals surface area contributed by atoms with E-state index in [1.807, 2.05) is 12.3 Å². The molecule has 0 N–H and O–H groups in total. The van der Waals surface area contributed by atoms with Crippen molar-refractivity contribution in [3.05, 3.63) is 127 Å². The van der Waals surface area contributed by atoms with Gasteiger partial charge in [-0.15, -0.1) is 0 Å². The Hall–Kier alpha value is -4.23. The van der Waals surface area contributed by atoms with Gasteiger partial charge in [-0.25, -0.2) is 0 Å². The van der Waals surface area contributed by atoms with Crippen molar-refractivity contribution in [3.8, 4) is 33.4 Å². The highest BCUT2D eigenvalue weighted by Crippen LogP contribution is 2.37. The number of nitrogens with zero attached hydrogens (tertiary/aromatic N) is 1. The van der Waals surface area contributed by atoms with Crippen LogP contribution in [0, 0.1) is 13.8 Å². The molecule has 0 aliphatic rings. The fourth-order valence-corrected chi connectivity index (χ4v) is 5.12. The van der Waals surface area contributed by atoms with E-state index < -0.39 is 0 Å². The molecule has 6 rings (SSSR count). The molecule has 0 atom stereocenters. The van der Waals surface area contributed by atoms with Crippen LogP contribution in [0.2, 0.25) is 0 Å². The first-order valence-electron chi connectivity index (χ1n) is 11.7. The van der Waals surface area contributed by atoms with Gasteiger partial charge in [0.1, 0.15) is 0 Å². The molecule has 162 valence electrons. The molecule has 0 unspecified atom stereocenters. The first-order chi connectivity index (χ1) is 16.7. The molecule has 1 heterocycles. The molecule has 0 bridgehead atoms. The lowest BCUT2D eigenvalue weighted by Crippen LogP contribution is -1.91. The number of aromatic nitrogens is 1. The quantitative estimate of drug-likeness (QED) is 0.253. The van der Waals surface area contributed by atoms with Crippen molar-refractivity contribution in [2.75, 3.05) is 0 Å². The fourth-order valence-electron chi connectivity index (χ4n) is 5.12. The maximum atomic E-state index is 4.74. The van der Waals surface area contributed by atoms with E-state index in [1.54, 1.807) is 0 Å². The highest BCUT2D eigenvalue weighted by atomic mass is 14.6. The molecule has 1 nitrogen and oxygen atoms in total. The van der Waals surface area contributed by atoms with Crippen LogP contribution in [0.3, 0.4) is 0 Å². The molecule has 0 fully saturated rings. The van der Waals surface area contributed by atoms with E-state index in [1.165, 1.54) is 60.7 Å². The van der Waals surface area contributed by atoms with E-state index in [0.717, 1.165) is 5.52 Å². The Morgan fingerprint density at radius 2 is 1.18 bits per heavy atom. The molecule has 5 aromatic carbocycles. The second kappa shape index (κ2) is 8.28. The lowest BCUT2D eigenvalue weighted by atomic mass is 9.89. The average Bonchev–Trinajstić information content (AvgIpc) is 2.89. The van der Waals surface area contributed by atoms with Gasteiger partial charge in [0.05, 0.1) is 5.52 Å². The summed E-state index contributed by atoms with van der Waals surface area (Å²) in [7, 11) is 0. The van der Waals surface area contributed by atoms with E-state index in [-0.39, 0.29) is 0 Å². The standard InChI is InChI=1S/C33H25N/c1-22-10-3-5-14-27(22)29-17-8-16-28(23(29)2)24-12-7-13-25(20-24)32-21-26-11-4-6-15-30(26)33-31(32)18-9-19-34-33/h3-21H,1-2H3. The third kappa shape index (κ3) is 3.38. The first-order valence-corrected chi connectivity index (χ1v) is 11.7. The zero-order chi connectivity index (χ0) is 23.1. The second-order valence-electron chi connectivity index (χ2n) is 8.92. The predicted molar refractivity (Wildman–Crippen MR) is 145 cm³/mol. The van der Waals surface area contributed by atoms with Crippen LogP contribution in [0.25, 0.3) is 55.1 Å². The number of hydrogen-bond acceptors (Lipinski definition) is 1. The van der Waals surface area contributed by atoms with Gasteiger partial charge >= 0.3 is 0 Å². The molecular weight excluding hydrogens is 410 g/mol. The average molecular weight is 436 g/mol. The summed E-state index contributed by atoms with van der Waals surface area (Å²) >= 11 is 0. The van der Waals surface area contributed by atoms with Crippen molar-refractivity contribution in [2.45, 2.75) is 13.8 Å². The molecule has 0 saturated carbocycles. The fraction of sp³-hybridized carbons (Fsp3) is 0.0606. The highest BCUT2D eigenvalue weighted by Gasteiger charge is 2.13. The van der Waals surface area contributed by atoms with Gasteiger partial charge in [0.15, 0.2) is 0 Å². The van der Waals surface area contributed by atoms with Crippen molar-refractivity contribution < 1.29 is 0 Å². The molecule has 0 amide bonds. The predicted octanol–water partition coefficient (Wildman–Crippen LogP) is 9.01. The lowest BCUT2D eigenvalue weighted by Gasteiger charge is -2.15. The van der Waals surface area contributed by atoms with Gasteiger partial charge in [0, 0.05) is 17.0 Å². The molecule has 1 aromatic heterocycles. The van der Waals surface area contributed by atoms with Crippen LogP contribution in [0.5, 0.6) is 0 Å². The van der Waals surface area contributed by atoms with E-state index in [9.17, 15) is 0 Å². The minimum atomic E-state index is 1.05. The van der Waals surface area contributed by atoms with E-state index in [0.29, 0.717) is 0 Å². The number of pyridine rings is 1. The van der Waals surface area contributed by atoms with Gasteiger partial charge < -0.3 is 0 Å². The van der Waals surface area contributed by atoms with Gasteiger partial charge in [0.2, 0.25) is 0 Å². The van der Waals surface area contributed by atoms with Gasteiger partial charge in [-0.2, -0.15) is 0 Å². The third-order valence-electron chi connectivity index (χ3n) is 6.87. The monoisotopic (exact) mass is 435 g/mol. The molecule has 0 aliphatic carbocycles. The second-order valence-corrected chi connectivity index (χ2v) is 8.92. The van der Waals surface area contributed by atoms with Crippen molar-refractivity contribution in [1.82, 2.24) is 4.98 Å². The van der Waals surface area contributed by atoms with Gasteiger partial charge in [-0.3, -0.25) is 4.98 Å². The van der Waals surface area contributed by atoms with Crippen LogP contribution in [0.1, 0.15) is 11.1 Å². The summed E-state index contributed by atoms with van der Waals surface area (Å²) in [6, 6.07) is 39.2. The largest absolute Gasteiger partial charge is 0.256 e. The lowest BCUT2D eigenvalue weighted by molar-refractivity contribution is 1.40. The number of rotatable bonds is 3. The van der Waals surface area contributed by atoms with Crippen molar-refractivity contribution in [3.63, 3.8) is 0 Å². The van der Waals surface area contributed by atoms with Gasteiger partial charge in [0.25, 0.3) is 0 Å². The van der Waals surface area contributed by atoms with Crippen molar-refractivity contribution in [1.29, 1.82) is 0 Å². The Bertz CT molecular complexity index is 1680. The number of hydrogen-bond donors (Lipinski definition) is 0. The Kier molecular flexibility index (Phi) is 4.96. The summed E-state index contributed by atoms with van der Waals surface area (Å²) in [5.74, 6) is 0. The Labute approximate surface area is 200 Å². The minimum Gasteiger partial charge on any atom is -0.256 e. The number of fused-ring (bicyclic) bond motifs is 3. The molecule has 0 aliphatic heterocycles. The molecular formula is C33H25N. The van der Waals surface area contributed by atoms with Crippen LogP contribution in [-0.4, -0.2) is 4.98 Å². The van der Waals surface area contributed by atoms with Gasteiger partial charge in [-0.05, 0) is 81.9 Å². The highest BCUT2D eigenvalue weighted by molar-refractivity contribution is 6.12. The third-order valence-corrected chi connectivity index (χ3v) is 6.87. The molecule has 0 saturated heterocycles. The zero-order valence-electron chi connectivity index (χ0n) is 19.4. The summed E-state index contributed by atoms with van der Waals surface area (Å²) in [5, 5.41) is 3.59. The summed E-state index contributed by atoms with van der Waals surface area (Å²) in [5.41, 5.74) is 11.2. The SMILES string of the molecule is Cc1ccccc1-c1cccc(-c2cccc(-c3cc4ccccc4c4ncccc34)c2)c1C. The number of aryl methyl sites for hydroxylation is 1. The summed E-state index contributed by atoms with van der Waals surface area (Å²) in [6.07, 6.45) is 1.88. The van der Waals surface area contributed by atoms with Crippen LogP contribution in [0.15, 0.2) is 115 Å². The van der Waals surface area contributed by atoms with Crippen molar-refractivity contribution in [2.24, 2.45) is 0 Å². The van der Waals surface area contributed by atoms with E-state index >= 15 is 0 Å². The van der Waals surface area contributed by atoms with E-state index in [4.69, 9.17) is 4.98 Å². The smallest absolute Gasteiger partial charge is 0.0786 e. The molecule has 34 heavy (non-hydrogen) atoms. The maximum absolute atomic E-state index is 4.74. The Balaban J connectivity index is 1.54. The number of benzene rings is 5. The topological polar surface area (TPSA) is 12.9 Å². The zero-order valence-corrected chi connectivity index (χ0v) is 19.4. The molecule has 0 spiro atoms. The summed E-state index contributed by atoms with van der Waals surface area (Å²) in [6.45, 7) is 4.42. The van der Waals surface area contributed by atoms with Crippen LogP contribution in [0.4, 0.5) is 0 Å². The Morgan fingerprint density at radius 1 is 0.500 bits per heavy atom. The van der Waals surface area contributed by atoms with Crippen LogP contribution in [-0.2, 0) is 0 Å². The summed E-state index contributed by atoms with van der Waals surface area (Å²) < 4.78 is 0. The van der Waals surface area contributed by atoms with Gasteiger partial charge in [-0.1, -0.05) is 91.0 Å². The van der Waals surface area contributed by atoms with Crippen molar-refractivity contribution >= 4 is 21.7 Å². The normalized spacial score (nSPS) is 11.2. The first kappa shape index (κ1) is 20.4. The molecule has 6 aromatic rings. The summed E-state index contributed by atoms with van der Waals surface area (Å²) in [4.78, 5) is 4.74. The van der Waals surface area contributed by atoms with Crippen LogP contribution < -0.4 is 0 Å². The minimum absolute atomic E-state index is 1.05. The molecule has 1 heteroatoms. The maximum Gasteiger partial charge on any atom is 0.0786 e. The molecule has 0 radical (unpaired) electrons. The van der Waals surface area contributed by atoms with E-state index in [2.05, 4.69) is 117 Å². The van der Waals surface area contributed by atoms with Crippen LogP contribution >= 0.6 is 0 Å².